The molecule has 4 N–H and O–H groups in total. The summed E-state index contributed by atoms with van der Waals surface area (Å²) in [5.41, 5.74) is 13.3. The molecular formula is C27H41N7. The van der Waals surface area contributed by atoms with Crippen molar-refractivity contribution in [3.8, 4) is 0 Å². The first-order chi connectivity index (χ1) is 16.4. The second kappa shape index (κ2) is 8.99. The van der Waals surface area contributed by atoms with Gasteiger partial charge < -0.3 is 21.4 Å². The first kappa shape index (κ1) is 23.3. The Bertz CT molecular complexity index is 1010. The Morgan fingerprint density at radius 1 is 1.24 bits per heavy atom. The molecule has 4 fully saturated rings. The Labute approximate surface area is 204 Å². The highest BCUT2D eigenvalue weighted by Crippen LogP contribution is 2.59. The smallest absolute Gasteiger partial charge is 0.136 e. The van der Waals surface area contributed by atoms with Crippen molar-refractivity contribution in [1.82, 2.24) is 9.88 Å². The molecule has 0 radical (unpaired) electrons. The van der Waals surface area contributed by atoms with Gasteiger partial charge in [0.1, 0.15) is 5.82 Å². The van der Waals surface area contributed by atoms with Crippen molar-refractivity contribution in [3.63, 3.8) is 0 Å². The molecule has 3 heterocycles. The molecule has 0 atom stereocenters. The summed E-state index contributed by atoms with van der Waals surface area (Å²) in [7, 11) is 1.86. The Morgan fingerprint density at radius 3 is 2.62 bits per heavy atom. The lowest BCUT2D eigenvalue weighted by molar-refractivity contribution is 0.125. The lowest BCUT2D eigenvalue weighted by Gasteiger charge is -2.37. The third-order valence-corrected chi connectivity index (χ3v) is 9.01. The molecule has 5 rings (SSSR count). The van der Waals surface area contributed by atoms with E-state index in [1.165, 1.54) is 75.5 Å². The van der Waals surface area contributed by atoms with Gasteiger partial charge in [-0.15, -0.1) is 0 Å². The van der Waals surface area contributed by atoms with Crippen molar-refractivity contribution < 1.29 is 0 Å². The molecule has 34 heavy (non-hydrogen) atoms. The summed E-state index contributed by atoms with van der Waals surface area (Å²) in [4.78, 5) is 15.0. The lowest BCUT2D eigenvalue weighted by atomic mass is 9.83. The van der Waals surface area contributed by atoms with Crippen molar-refractivity contribution >= 4 is 23.4 Å². The number of pyridine rings is 1. The number of aryl methyl sites for hydroxylation is 1. The average Bonchev–Trinajstić information content (AvgIpc) is 3.59. The van der Waals surface area contributed by atoms with E-state index < -0.39 is 0 Å². The Hall–Kier alpha value is -2.41. The van der Waals surface area contributed by atoms with Gasteiger partial charge in [-0.2, -0.15) is 0 Å². The highest BCUT2D eigenvalue weighted by atomic mass is 15.2. The highest BCUT2D eigenvalue weighted by Gasteiger charge is 2.56. The average molecular weight is 464 g/mol. The fourth-order valence-corrected chi connectivity index (χ4v) is 7.14. The van der Waals surface area contributed by atoms with E-state index >= 15 is 0 Å². The van der Waals surface area contributed by atoms with E-state index in [9.17, 15) is 0 Å². The Balaban J connectivity index is 1.34. The molecular weight excluding hydrogens is 422 g/mol. The zero-order valence-electron chi connectivity index (χ0n) is 21.2. The summed E-state index contributed by atoms with van der Waals surface area (Å²) >= 11 is 0. The van der Waals surface area contributed by atoms with Gasteiger partial charge >= 0.3 is 0 Å². The molecule has 0 unspecified atom stereocenters. The first-order valence-corrected chi connectivity index (χ1v) is 13.1. The van der Waals surface area contributed by atoms with Gasteiger partial charge in [-0.05, 0) is 83.4 Å². The maximum atomic E-state index is 7.98. The van der Waals surface area contributed by atoms with Crippen LogP contribution in [0, 0.1) is 17.7 Å². The summed E-state index contributed by atoms with van der Waals surface area (Å²) < 4.78 is 0. The Kier molecular flexibility index (Phi) is 6.17. The van der Waals surface area contributed by atoms with Crippen LogP contribution < -0.4 is 16.0 Å². The minimum Gasteiger partial charge on any atom is -0.402 e. The van der Waals surface area contributed by atoms with E-state index in [1.54, 1.807) is 0 Å². The van der Waals surface area contributed by atoms with Gasteiger partial charge in [0.25, 0.3) is 0 Å². The molecule has 2 saturated carbocycles. The SMILES string of the molecule is CNc1nc(C)cc(N2CCC(=NCC34CCC(N5CCCC5)(CC3)C4)C(=C(C)N)C2)c1C=N. The molecule has 0 amide bonds. The fraction of sp³-hybridized carbons (Fsp3) is 0.667. The van der Waals surface area contributed by atoms with E-state index in [1.807, 2.05) is 20.9 Å². The van der Waals surface area contributed by atoms with E-state index in [-0.39, 0.29) is 0 Å². The summed E-state index contributed by atoms with van der Waals surface area (Å²) in [5, 5.41) is 11.1. The molecule has 2 saturated heterocycles. The van der Waals surface area contributed by atoms with Gasteiger partial charge in [-0.1, -0.05) is 0 Å². The molecule has 2 aliphatic carbocycles. The zero-order valence-corrected chi connectivity index (χ0v) is 21.2. The number of aromatic nitrogens is 1. The van der Waals surface area contributed by atoms with Crippen LogP contribution in [0.15, 0.2) is 22.3 Å². The molecule has 0 spiro atoms. The first-order valence-electron chi connectivity index (χ1n) is 13.1. The van der Waals surface area contributed by atoms with Crippen LogP contribution in [0.3, 0.4) is 0 Å². The second-order valence-electron chi connectivity index (χ2n) is 11.1. The van der Waals surface area contributed by atoms with Gasteiger partial charge in [0, 0.05) is 67.5 Å². The number of hydrogen-bond donors (Lipinski definition) is 3. The molecule has 0 aromatic carbocycles. The number of hydrogen-bond acceptors (Lipinski definition) is 7. The number of anilines is 2. The van der Waals surface area contributed by atoms with E-state index in [4.69, 9.17) is 16.1 Å². The second-order valence-corrected chi connectivity index (χ2v) is 11.1. The summed E-state index contributed by atoms with van der Waals surface area (Å²) in [6, 6.07) is 2.08. The van der Waals surface area contributed by atoms with Crippen LogP contribution in [0.4, 0.5) is 11.5 Å². The molecule has 2 bridgehead atoms. The molecule has 7 nitrogen and oxygen atoms in total. The monoisotopic (exact) mass is 463 g/mol. The number of piperidine rings is 1. The van der Waals surface area contributed by atoms with E-state index in [0.717, 1.165) is 54.5 Å². The predicted molar refractivity (Wildman–Crippen MR) is 141 cm³/mol. The molecule has 4 aliphatic rings. The van der Waals surface area contributed by atoms with Crippen molar-refractivity contribution in [3.05, 3.63) is 28.6 Å². The van der Waals surface area contributed by atoms with Crippen LogP contribution in [-0.2, 0) is 0 Å². The van der Waals surface area contributed by atoms with Crippen LogP contribution in [-0.4, -0.2) is 67.1 Å². The predicted octanol–water partition coefficient (Wildman–Crippen LogP) is 4.11. The molecule has 7 heteroatoms. The van der Waals surface area contributed by atoms with Crippen LogP contribution in [0.5, 0.6) is 0 Å². The van der Waals surface area contributed by atoms with Crippen molar-refractivity contribution in [2.24, 2.45) is 16.1 Å². The quantitative estimate of drug-likeness (QED) is 0.552. The number of allylic oxidation sites excluding steroid dienone is 1. The largest absolute Gasteiger partial charge is 0.402 e. The van der Waals surface area contributed by atoms with Crippen molar-refractivity contribution in [2.75, 3.05) is 50.0 Å². The van der Waals surface area contributed by atoms with Crippen molar-refractivity contribution in [1.29, 1.82) is 5.41 Å². The lowest BCUT2D eigenvalue weighted by Crippen LogP contribution is -2.43. The number of nitrogens with two attached hydrogens (primary N) is 1. The highest BCUT2D eigenvalue weighted by molar-refractivity contribution is 6.03. The standard InChI is InChI=1S/C27H41N7/c1-19-14-24(21(15-28)25(30-3)32-19)33-13-6-23(22(16-33)20(2)29)31-18-26-7-9-27(17-26,10-8-26)34-11-4-5-12-34/h14-15,28H,4-13,16-18,29H2,1-3H3,(H,30,32). The number of aliphatic imine (C=N–C) groups is 1. The number of nitrogens with zero attached hydrogens (tertiary/aromatic N) is 4. The molecule has 1 aromatic rings. The molecule has 1 aromatic heterocycles. The molecule has 184 valence electrons. The minimum absolute atomic E-state index is 0.400. The number of rotatable bonds is 6. The van der Waals surface area contributed by atoms with Crippen LogP contribution in [0.25, 0.3) is 0 Å². The topological polar surface area (TPSA) is 93.6 Å². The van der Waals surface area contributed by atoms with Gasteiger partial charge in [0.05, 0.1) is 11.3 Å². The fourth-order valence-electron chi connectivity index (χ4n) is 7.14. The summed E-state index contributed by atoms with van der Waals surface area (Å²) in [6.45, 7) is 9.20. The van der Waals surface area contributed by atoms with Crippen LogP contribution >= 0.6 is 0 Å². The van der Waals surface area contributed by atoms with Gasteiger partial charge in [0.2, 0.25) is 0 Å². The maximum absolute atomic E-state index is 7.98. The van der Waals surface area contributed by atoms with E-state index in [0.29, 0.717) is 11.0 Å². The normalized spacial score (nSPS) is 32.0. The number of likely N-dealkylation sites (tertiary alicyclic amines) is 1. The summed E-state index contributed by atoms with van der Waals surface area (Å²) in [6.07, 6.45) is 11.8. The summed E-state index contributed by atoms with van der Waals surface area (Å²) in [5.74, 6) is 0.752. The number of fused-ring (bicyclic) bond motifs is 2. The van der Waals surface area contributed by atoms with Gasteiger partial charge in [-0.3, -0.25) is 9.89 Å². The third-order valence-electron chi connectivity index (χ3n) is 9.01. The molecule has 2 aliphatic heterocycles. The van der Waals surface area contributed by atoms with E-state index in [2.05, 4.69) is 26.2 Å². The Morgan fingerprint density at radius 2 is 1.97 bits per heavy atom. The van der Waals surface area contributed by atoms with Crippen LogP contribution in [0.1, 0.15) is 69.5 Å². The maximum Gasteiger partial charge on any atom is 0.136 e. The van der Waals surface area contributed by atoms with Gasteiger partial charge in [-0.25, -0.2) is 4.98 Å². The zero-order chi connectivity index (χ0) is 23.9. The third kappa shape index (κ3) is 4.02. The van der Waals surface area contributed by atoms with Crippen LogP contribution in [0.2, 0.25) is 0 Å². The minimum atomic E-state index is 0.400. The van der Waals surface area contributed by atoms with Crippen molar-refractivity contribution in [2.45, 2.75) is 70.8 Å². The van der Waals surface area contributed by atoms with Gasteiger partial charge in [0.15, 0.2) is 0 Å². The number of nitrogens with one attached hydrogen (secondary N) is 2.